The number of terminal acetylenes is 2. The fourth-order valence-electron chi connectivity index (χ4n) is 0. The van der Waals surface area contributed by atoms with Gasteiger partial charge >= 0.3 is 0 Å². The molecule has 0 amide bonds. The van der Waals surface area contributed by atoms with E-state index in [9.17, 15) is 0 Å². The predicted molar refractivity (Wildman–Crippen MR) is 28.4 cm³/mol. The molecule has 0 N–H and O–H groups in total. The summed E-state index contributed by atoms with van der Waals surface area (Å²) in [5.41, 5.74) is 0. The molecule has 0 saturated heterocycles. The van der Waals surface area contributed by atoms with Crippen LogP contribution in [0, 0.1) is 38.5 Å². The van der Waals surface area contributed by atoms with Crippen LogP contribution in [0.3, 0.4) is 0 Å². The van der Waals surface area contributed by atoms with Crippen molar-refractivity contribution in [3.05, 3.63) is 13.8 Å². The van der Waals surface area contributed by atoms with E-state index in [4.69, 9.17) is 0 Å². The van der Waals surface area contributed by atoms with Gasteiger partial charge in [0.15, 0.2) is 0 Å². The monoisotopic (exact) mass is 167 g/mol. The van der Waals surface area contributed by atoms with Gasteiger partial charge in [0.25, 0.3) is 0 Å². The molecule has 0 unspecified atom stereocenters. The Morgan fingerprint density at radius 1 is 1.00 bits per heavy atom. The fraction of sp³-hybridized carbons (Fsp3) is 0. The zero-order chi connectivity index (χ0) is 5.41. The van der Waals surface area contributed by atoms with E-state index in [0.717, 1.165) is 0 Å². The van der Waals surface area contributed by atoms with Gasteiger partial charge in [-0.25, -0.2) is 0 Å². The smallest absolute Gasteiger partial charge is 0 e. The molecular weight excluding hydrogens is 161 g/mol. The average Bonchev–Trinajstić information content (AvgIpc) is 1.39. The van der Waals surface area contributed by atoms with Crippen molar-refractivity contribution in [1.82, 2.24) is 0 Å². The normalized spacial score (nSPS) is 2.00. The second-order valence-electron chi connectivity index (χ2n) is 0.408. The zero-order valence-corrected chi connectivity index (χ0v) is 6.98. The summed E-state index contributed by atoms with van der Waals surface area (Å²) in [7, 11) is 0. The van der Waals surface area contributed by atoms with Gasteiger partial charge in [-0.05, 0) is 0 Å². The molecule has 0 aromatic rings. The fourth-order valence-corrected chi connectivity index (χ4v) is 0. The second-order valence-corrected chi connectivity index (χ2v) is 0.408. The van der Waals surface area contributed by atoms with Gasteiger partial charge in [0.05, 0.1) is 0 Å². The third-order valence-corrected chi connectivity index (χ3v) is 0. The van der Waals surface area contributed by atoms with Gasteiger partial charge in [-0.3, -0.25) is 0 Å². The summed E-state index contributed by atoms with van der Waals surface area (Å²) in [5.74, 6) is 4.00. The van der Waals surface area contributed by atoms with E-state index < -0.39 is 0 Å². The largest absolute Gasteiger partial charge is 0.345 e. The molecule has 0 aromatic carbocycles. The second kappa shape index (κ2) is 38.1. The van der Waals surface area contributed by atoms with Gasteiger partial charge in [-0.1, -0.05) is 0 Å². The molecule has 0 spiro atoms. The van der Waals surface area contributed by atoms with E-state index in [-0.39, 0.29) is 32.7 Å². The molecule has 7 heavy (non-hydrogen) atoms. The third kappa shape index (κ3) is 71900. The van der Waals surface area contributed by atoms with E-state index in [1.807, 2.05) is 11.8 Å². The number of hydrogen-bond donors (Lipinski definition) is 0. The van der Waals surface area contributed by atoms with Crippen LogP contribution in [-0.2, 0) is 32.7 Å². The van der Waals surface area contributed by atoms with E-state index in [2.05, 4.69) is 26.7 Å². The Kier molecular flexibility index (Phi) is 85.8. The van der Waals surface area contributed by atoms with Gasteiger partial charge in [-0.2, -0.15) is 13.8 Å². The van der Waals surface area contributed by atoms with Crippen molar-refractivity contribution < 1.29 is 32.7 Å². The van der Waals surface area contributed by atoms with E-state index in [1.165, 1.54) is 0 Å². The molecule has 0 nitrogen and oxygen atoms in total. The van der Waals surface area contributed by atoms with Crippen LogP contribution in [0.5, 0.6) is 0 Å². The summed E-state index contributed by atoms with van der Waals surface area (Å²) in [6.07, 6.45) is 8.97. The summed E-state index contributed by atoms with van der Waals surface area (Å²) in [6, 6.07) is 0. The average molecular weight is 167 g/mol. The minimum Gasteiger partial charge on any atom is -0.345 e. The Bertz CT molecular complexity index is 59.2. The molecule has 0 saturated carbocycles. The molecule has 0 aliphatic rings. The van der Waals surface area contributed by atoms with Crippen molar-refractivity contribution in [2.45, 2.75) is 0 Å². The van der Waals surface area contributed by atoms with Crippen LogP contribution in [0.4, 0.5) is 0 Å². The van der Waals surface area contributed by atoms with E-state index in [0.29, 0.717) is 0 Å². The van der Waals surface area contributed by atoms with Crippen molar-refractivity contribution in [3.63, 3.8) is 0 Å². The van der Waals surface area contributed by atoms with Gasteiger partial charge in [-0.15, -0.1) is 0 Å². The first-order chi connectivity index (χ1) is 2.83. The molecular formula is C6H6Y-2. The third-order valence-electron chi connectivity index (χ3n) is 0. The molecule has 35 valence electrons. The van der Waals surface area contributed by atoms with Gasteiger partial charge < -0.3 is 24.7 Å². The number of hydrogen-bond acceptors (Lipinski definition) is 0. The van der Waals surface area contributed by atoms with Crippen LogP contribution in [0.15, 0.2) is 0 Å². The first-order valence-corrected chi connectivity index (χ1v) is 1.28. The molecule has 1 radical (unpaired) electrons. The van der Waals surface area contributed by atoms with E-state index >= 15 is 0 Å². The maximum Gasteiger partial charge on any atom is 0 e. The van der Waals surface area contributed by atoms with Crippen molar-refractivity contribution in [2.75, 3.05) is 0 Å². The van der Waals surface area contributed by atoms with Crippen molar-refractivity contribution in [1.29, 1.82) is 0 Å². The van der Waals surface area contributed by atoms with Crippen LogP contribution in [-0.4, -0.2) is 0 Å². The Hall–Kier alpha value is -0.0361. The minimum absolute atomic E-state index is 0. The Morgan fingerprint density at radius 3 is 1.00 bits per heavy atom. The maximum atomic E-state index is 4.49. The maximum absolute atomic E-state index is 4.49. The molecule has 1 heteroatoms. The molecule has 0 fully saturated rings. The van der Waals surface area contributed by atoms with Gasteiger partial charge in [0, 0.05) is 32.7 Å². The summed E-state index contributed by atoms with van der Waals surface area (Å²) >= 11 is 0. The summed E-state index contributed by atoms with van der Waals surface area (Å²) in [4.78, 5) is 0. The first-order valence-electron chi connectivity index (χ1n) is 1.28. The first kappa shape index (κ1) is 15.8. The predicted octanol–water partition coefficient (Wildman–Crippen LogP) is 0.905. The van der Waals surface area contributed by atoms with Crippen molar-refractivity contribution >= 4 is 0 Å². The van der Waals surface area contributed by atoms with Gasteiger partial charge in [0.2, 0.25) is 0 Å². The van der Waals surface area contributed by atoms with Crippen molar-refractivity contribution in [2.24, 2.45) is 0 Å². The topological polar surface area (TPSA) is 0 Å². The number of rotatable bonds is 0. The molecule has 0 heterocycles. The van der Waals surface area contributed by atoms with Gasteiger partial charge in [0.1, 0.15) is 0 Å². The molecule has 0 bridgehead atoms. The minimum atomic E-state index is 0. The Balaban J connectivity index is -0.0000000400. The summed E-state index contributed by atoms with van der Waals surface area (Å²) < 4.78 is 0. The van der Waals surface area contributed by atoms with Crippen LogP contribution in [0.25, 0.3) is 0 Å². The standard InChI is InChI=1S/2C3H3.Y/c2*1-3-2;/h2*1H,2H2;/q2*-1;. The van der Waals surface area contributed by atoms with E-state index in [1.54, 1.807) is 0 Å². The summed E-state index contributed by atoms with van der Waals surface area (Å²) in [6.45, 7) is 6.03. The Labute approximate surface area is 71.0 Å². The zero-order valence-electron chi connectivity index (χ0n) is 4.15. The van der Waals surface area contributed by atoms with Crippen LogP contribution in [0.2, 0.25) is 0 Å². The van der Waals surface area contributed by atoms with Crippen LogP contribution >= 0.6 is 0 Å². The molecule has 0 aliphatic heterocycles. The van der Waals surface area contributed by atoms with Crippen LogP contribution < -0.4 is 0 Å². The quantitative estimate of drug-likeness (QED) is 0.371. The molecule has 0 atom stereocenters. The summed E-state index contributed by atoms with van der Waals surface area (Å²) in [5, 5.41) is 0. The van der Waals surface area contributed by atoms with Crippen molar-refractivity contribution in [3.8, 4) is 24.7 Å². The molecule has 0 aromatic heterocycles. The molecule has 0 rings (SSSR count). The Morgan fingerprint density at radius 2 is 1.00 bits per heavy atom. The SMILES string of the molecule is C#C[CH2-].C#C[CH2-].[Y]. The van der Waals surface area contributed by atoms with Crippen LogP contribution in [0.1, 0.15) is 0 Å². The molecule has 0 aliphatic carbocycles.